The zero-order valence-corrected chi connectivity index (χ0v) is 10.7. The van der Waals surface area contributed by atoms with Crippen LogP contribution in [0.3, 0.4) is 0 Å². The molecule has 3 heteroatoms. The summed E-state index contributed by atoms with van der Waals surface area (Å²) in [7, 11) is 1.94. The van der Waals surface area contributed by atoms with Crippen molar-refractivity contribution >= 4 is 5.69 Å². The van der Waals surface area contributed by atoms with E-state index in [1.807, 2.05) is 19.3 Å². The van der Waals surface area contributed by atoms with Gasteiger partial charge in [-0.3, -0.25) is 9.88 Å². The molecule has 0 atom stereocenters. The minimum absolute atomic E-state index is 0.950. The Morgan fingerprint density at radius 3 is 2.81 bits per heavy atom. The van der Waals surface area contributed by atoms with Crippen LogP contribution in [0.15, 0.2) is 18.3 Å². The van der Waals surface area contributed by atoms with E-state index < -0.39 is 0 Å². The quantitative estimate of drug-likeness (QED) is 0.767. The fourth-order valence-corrected chi connectivity index (χ4v) is 1.68. The number of rotatable bonds is 7. The van der Waals surface area contributed by atoms with Crippen molar-refractivity contribution in [2.24, 2.45) is 0 Å². The Hall–Kier alpha value is -1.09. The Balaban J connectivity index is 2.55. The number of pyridine rings is 1. The molecule has 0 saturated heterocycles. The number of hydrogen-bond acceptors (Lipinski definition) is 3. The molecule has 0 aliphatic carbocycles. The molecule has 0 unspecified atom stereocenters. The van der Waals surface area contributed by atoms with Gasteiger partial charge >= 0.3 is 0 Å². The summed E-state index contributed by atoms with van der Waals surface area (Å²) in [5, 5.41) is 3.14. The number of unbranched alkanes of at least 4 members (excludes halogenated alkanes) is 1. The SMILES string of the molecule is CCCCN(CC)Cc1cc(NC)ccn1. The molecule has 3 nitrogen and oxygen atoms in total. The lowest BCUT2D eigenvalue weighted by Gasteiger charge is -2.19. The van der Waals surface area contributed by atoms with Crippen molar-refractivity contribution in [2.45, 2.75) is 33.2 Å². The van der Waals surface area contributed by atoms with E-state index in [0.29, 0.717) is 0 Å². The Labute approximate surface area is 98.9 Å². The van der Waals surface area contributed by atoms with Crippen molar-refractivity contribution in [3.05, 3.63) is 24.0 Å². The summed E-state index contributed by atoms with van der Waals surface area (Å²) >= 11 is 0. The van der Waals surface area contributed by atoms with Crippen LogP contribution in [-0.4, -0.2) is 30.0 Å². The molecule has 1 rings (SSSR count). The van der Waals surface area contributed by atoms with Crippen LogP contribution in [0.1, 0.15) is 32.4 Å². The Morgan fingerprint density at radius 1 is 1.38 bits per heavy atom. The minimum Gasteiger partial charge on any atom is -0.388 e. The summed E-state index contributed by atoms with van der Waals surface area (Å²) < 4.78 is 0. The highest BCUT2D eigenvalue weighted by molar-refractivity contribution is 5.42. The Bertz CT molecular complexity index is 299. The third-order valence-electron chi connectivity index (χ3n) is 2.77. The molecule has 1 aromatic heterocycles. The molecule has 1 aromatic rings. The van der Waals surface area contributed by atoms with Crippen molar-refractivity contribution < 1.29 is 0 Å². The van der Waals surface area contributed by atoms with Gasteiger partial charge in [0.15, 0.2) is 0 Å². The molecule has 90 valence electrons. The van der Waals surface area contributed by atoms with Gasteiger partial charge in [-0.1, -0.05) is 20.3 Å². The Kier molecular flexibility index (Phi) is 5.86. The summed E-state index contributed by atoms with van der Waals surface area (Å²) in [6.45, 7) is 7.64. The van der Waals surface area contributed by atoms with Crippen LogP contribution in [0.25, 0.3) is 0 Å². The molecule has 0 bridgehead atoms. The van der Waals surface area contributed by atoms with E-state index in [0.717, 1.165) is 24.5 Å². The normalized spacial score (nSPS) is 10.8. The summed E-state index contributed by atoms with van der Waals surface area (Å²) in [5.41, 5.74) is 2.28. The van der Waals surface area contributed by atoms with Gasteiger partial charge in [0, 0.05) is 25.5 Å². The predicted molar refractivity (Wildman–Crippen MR) is 69.6 cm³/mol. The Morgan fingerprint density at radius 2 is 2.19 bits per heavy atom. The maximum Gasteiger partial charge on any atom is 0.0564 e. The fourth-order valence-electron chi connectivity index (χ4n) is 1.68. The molecule has 0 aromatic carbocycles. The number of hydrogen-bond donors (Lipinski definition) is 1. The lowest BCUT2D eigenvalue weighted by Crippen LogP contribution is -2.24. The molecule has 0 fully saturated rings. The molecule has 1 heterocycles. The van der Waals surface area contributed by atoms with Gasteiger partial charge in [0.1, 0.15) is 0 Å². The largest absolute Gasteiger partial charge is 0.388 e. The van der Waals surface area contributed by atoms with Crippen LogP contribution in [0.4, 0.5) is 5.69 Å². The van der Waals surface area contributed by atoms with Gasteiger partial charge in [0.05, 0.1) is 5.69 Å². The lowest BCUT2D eigenvalue weighted by atomic mass is 10.2. The van der Waals surface area contributed by atoms with E-state index in [1.165, 1.54) is 19.4 Å². The monoisotopic (exact) mass is 221 g/mol. The minimum atomic E-state index is 0.950. The molecular formula is C13H23N3. The van der Waals surface area contributed by atoms with Crippen LogP contribution in [0.5, 0.6) is 0 Å². The number of nitrogens with one attached hydrogen (secondary N) is 1. The van der Waals surface area contributed by atoms with Crippen molar-refractivity contribution in [3.63, 3.8) is 0 Å². The van der Waals surface area contributed by atoms with Gasteiger partial charge in [-0.15, -0.1) is 0 Å². The van der Waals surface area contributed by atoms with Crippen molar-refractivity contribution in [1.29, 1.82) is 0 Å². The zero-order valence-electron chi connectivity index (χ0n) is 10.7. The van der Waals surface area contributed by atoms with Gasteiger partial charge in [-0.05, 0) is 31.6 Å². The maximum atomic E-state index is 4.40. The number of aromatic nitrogens is 1. The van der Waals surface area contributed by atoms with Crippen molar-refractivity contribution in [2.75, 3.05) is 25.5 Å². The molecule has 0 radical (unpaired) electrons. The van der Waals surface area contributed by atoms with E-state index >= 15 is 0 Å². The van der Waals surface area contributed by atoms with E-state index in [-0.39, 0.29) is 0 Å². The maximum absolute atomic E-state index is 4.40. The standard InChI is InChI=1S/C13H23N3/c1-4-6-9-16(5-2)11-13-10-12(14-3)7-8-15-13/h7-8,10H,4-6,9,11H2,1-3H3,(H,14,15). The highest BCUT2D eigenvalue weighted by atomic mass is 15.1. The second-order valence-corrected chi connectivity index (χ2v) is 4.01. The van der Waals surface area contributed by atoms with Gasteiger partial charge in [0.25, 0.3) is 0 Å². The van der Waals surface area contributed by atoms with E-state index in [9.17, 15) is 0 Å². The van der Waals surface area contributed by atoms with E-state index in [4.69, 9.17) is 0 Å². The smallest absolute Gasteiger partial charge is 0.0564 e. The van der Waals surface area contributed by atoms with Crippen LogP contribution < -0.4 is 5.32 Å². The van der Waals surface area contributed by atoms with Crippen LogP contribution in [0.2, 0.25) is 0 Å². The molecular weight excluding hydrogens is 198 g/mol. The average Bonchev–Trinajstić information content (AvgIpc) is 2.34. The molecule has 16 heavy (non-hydrogen) atoms. The van der Waals surface area contributed by atoms with E-state index in [2.05, 4.69) is 35.1 Å². The van der Waals surface area contributed by atoms with Gasteiger partial charge < -0.3 is 5.32 Å². The first kappa shape index (κ1) is 13.0. The third-order valence-corrected chi connectivity index (χ3v) is 2.77. The molecule has 0 amide bonds. The zero-order chi connectivity index (χ0) is 11.8. The predicted octanol–water partition coefficient (Wildman–Crippen LogP) is 2.75. The highest BCUT2D eigenvalue weighted by Crippen LogP contribution is 2.09. The summed E-state index contributed by atoms with van der Waals surface area (Å²) in [6, 6.07) is 4.11. The van der Waals surface area contributed by atoms with Crippen LogP contribution in [-0.2, 0) is 6.54 Å². The molecule has 1 N–H and O–H groups in total. The summed E-state index contributed by atoms with van der Waals surface area (Å²) in [4.78, 5) is 6.84. The van der Waals surface area contributed by atoms with Gasteiger partial charge in [-0.25, -0.2) is 0 Å². The lowest BCUT2D eigenvalue weighted by molar-refractivity contribution is 0.272. The highest BCUT2D eigenvalue weighted by Gasteiger charge is 2.04. The fraction of sp³-hybridized carbons (Fsp3) is 0.615. The topological polar surface area (TPSA) is 28.2 Å². The molecule has 0 aliphatic rings. The van der Waals surface area contributed by atoms with Crippen LogP contribution >= 0.6 is 0 Å². The van der Waals surface area contributed by atoms with Crippen molar-refractivity contribution in [1.82, 2.24) is 9.88 Å². The molecule has 0 saturated carbocycles. The average molecular weight is 221 g/mol. The van der Waals surface area contributed by atoms with Crippen LogP contribution in [0, 0.1) is 0 Å². The summed E-state index contributed by atoms with van der Waals surface area (Å²) in [5.74, 6) is 0. The molecule has 0 spiro atoms. The molecule has 0 aliphatic heterocycles. The second-order valence-electron chi connectivity index (χ2n) is 4.01. The third kappa shape index (κ3) is 4.19. The number of anilines is 1. The first-order valence-corrected chi connectivity index (χ1v) is 6.15. The first-order chi connectivity index (χ1) is 7.80. The van der Waals surface area contributed by atoms with E-state index in [1.54, 1.807) is 0 Å². The summed E-state index contributed by atoms with van der Waals surface area (Å²) in [6.07, 6.45) is 4.38. The number of nitrogens with zero attached hydrogens (tertiary/aromatic N) is 2. The van der Waals surface area contributed by atoms with Crippen molar-refractivity contribution in [3.8, 4) is 0 Å². The second kappa shape index (κ2) is 7.23. The first-order valence-electron chi connectivity index (χ1n) is 6.15. The van der Waals surface area contributed by atoms with Gasteiger partial charge in [0.2, 0.25) is 0 Å². The van der Waals surface area contributed by atoms with Gasteiger partial charge in [-0.2, -0.15) is 0 Å².